The number of aromatic nitrogens is 1. The molecule has 2 aromatic carbocycles. The molecule has 0 amide bonds. The first kappa shape index (κ1) is 15.1. The molecule has 2 aliphatic rings. The van der Waals surface area contributed by atoms with Crippen LogP contribution in [0.4, 0.5) is 10.1 Å². The zero-order chi connectivity index (χ0) is 17.5. The lowest BCUT2D eigenvalue weighted by atomic mass is 10.0. The highest BCUT2D eigenvalue weighted by Gasteiger charge is 2.29. The van der Waals surface area contributed by atoms with Crippen molar-refractivity contribution in [3.63, 3.8) is 0 Å². The topological polar surface area (TPSA) is 43.7 Å². The summed E-state index contributed by atoms with van der Waals surface area (Å²) >= 11 is 0. The Morgan fingerprint density at radius 3 is 2.69 bits per heavy atom. The Morgan fingerprint density at radius 1 is 0.923 bits per heavy atom. The van der Waals surface area contributed by atoms with Crippen molar-refractivity contribution in [3.8, 4) is 22.6 Å². The molecule has 0 N–H and O–H groups in total. The van der Waals surface area contributed by atoms with Gasteiger partial charge in [0.2, 0.25) is 0 Å². The van der Waals surface area contributed by atoms with Gasteiger partial charge in [-0.15, -0.1) is 0 Å². The lowest BCUT2D eigenvalue weighted by Gasteiger charge is -2.26. The maximum atomic E-state index is 13.4. The van der Waals surface area contributed by atoms with Gasteiger partial charge >= 0.3 is 0 Å². The van der Waals surface area contributed by atoms with Crippen molar-refractivity contribution in [3.05, 3.63) is 72.3 Å². The zero-order valence-corrected chi connectivity index (χ0v) is 13.9. The third-order valence-electron chi connectivity index (χ3n) is 4.67. The first-order valence-electron chi connectivity index (χ1n) is 8.46. The number of pyridine rings is 1. The second kappa shape index (κ2) is 5.95. The summed E-state index contributed by atoms with van der Waals surface area (Å²) in [5, 5.41) is 0. The summed E-state index contributed by atoms with van der Waals surface area (Å²) in [5.74, 6) is 0.655. The molecular formula is C21H15FN2O2. The largest absolute Gasteiger partial charge is 0.485 e. The predicted molar refractivity (Wildman–Crippen MR) is 96.8 cm³/mol. The molecule has 0 fully saturated rings. The molecule has 26 heavy (non-hydrogen) atoms. The summed E-state index contributed by atoms with van der Waals surface area (Å²) in [7, 11) is 0. The van der Waals surface area contributed by atoms with Crippen LogP contribution in [0.3, 0.4) is 0 Å². The van der Waals surface area contributed by atoms with Crippen LogP contribution in [0.15, 0.2) is 65.9 Å². The van der Waals surface area contributed by atoms with E-state index in [4.69, 9.17) is 14.5 Å². The maximum Gasteiger partial charge on any atom is 0.171 e. The highest BCUT2D eigenvalue weighted by Crippen LogP contribution is 2.36. The van der Waals surface area contributed by atoms with E-state index in [0.29, 0.717) is 24.5 Å². The second-order valence-corrected chi connectivity index (χ2v) is 6.37. The Bertz CT molecular complexity index is 1020. The molecule has 1 aromatic heterocycles. The fourth-order valence-corrected chi connectivity index (χ4v) is 3.33. The molecule has 5 heteroatoms. The smallest absolute Gasteiger partial charge is 0.171 e. The van der Waals surface area contributed by atoms with Crippen molar-refractivity contribution in [1.29, 1.82) is 0 Å². The van der Waals surface area contributed by atoms with Crippen LogP contribution in [0.5, 0.6) is 11.5 Å². The Labute approximate surface area is 150 Å². The average molecular weight is 346 g/mol. The van der Waals surface area contributed by atoms with Crippen LogP contribution in [0, 0.1) is 5.82 Å². The number of rotatable bonds is 2. The molecule has 4 nitrogen and oxygen atoms in total. The van der Waals surface area contributed by atoms with Gasteiger partial charge in [-0.1, -0.05) is 12.1 Å². The molecule has 2 aliphatic heterocycles. The molecule has 1 unspecified atom stereocenters. The lowest BCUT2D eigenvalue weighted by Crippen LogP contribution is -2.36. The highest BCUT2D eigenvalue weighted by atomic mass is 19.1. The predicted octanol–water partition coefficient (Wildman–Crippen LogP) is 4.36. The standard InChI is InChI=1S/C21H15FN2O2/c22-16-3-4-19-20(11-16)26-21(12-25-19)18-10-15-2-1-14(9-17(15)24-18)13-5-7-23-8-6-13/h1-9,11,21H,10,12H2. The number of halogens is 1. The van der Waals surface area contributed by atoms with Crippen LogP contribution >= 0.6 is 0 Å². The lowest BCUT2D eigenvalue weighted by molar-refractivity contribution is 0.133. The Morgan fingerprint density at radius 2 is 1.81 bits per heavy atom. The monoisotopic (exact) mass is 346 g/mol. The summed E-state index contributed by atoms with van der Waals surface area (Å²) in [5.41, 5.74) is 5.22. The normalized spacial score (nSPS) is 17.6. The van der Waals surface area contributed by atoms with Gasteiger partial charge in [-0.2, -0.15) is 0 Å². The van der Waals surface area contributed by atoms with Crippen molar-refractivity contribution >= 4 is 11.4 Å². The minimum absolute atomic E-state index is 0.305. The molecule has 1 atom stereocenters. The molecule has 0 spiro atoms. The van der Waals surface area contributed by atoms with Crippen LogP contribution < -0.4 is 9.47 Å². The maximum absolute atomic E-state index is 13.4. The third kappa shape index (κ3) is 2.62. The molecule has 3 heterocycles. The van der Waals surface area contributed by atoms with Gasteiger partial charge in [-0.25, -0.2) is 4.39 Å². The van der Waals surface area contributed by atoms with Crippen molar-refractivity contribution in [2.45, 2.75) is 12.5 Å². The van der Waals surface area contributed by atoms with Crippen LogP contribution in [-0.2, 0) is 6.42 Å². The molecular weight excluding hydrogens is 331 g/mol. The number of nitrogens with zero attached hydrogens (tertiary/aromatic N) is 2. The minimum atomic E-state index is -0.341. The van der Waals surface area contributed by atoms with Crippen molar-refractivity contribution in [2.75, 3.05) is 6.61 Å². The first-order chi connectivity index (χ1) is 12.8. The van der Waals surface area contributed by atoms with Gasteiger partial charge in [0, 0.05) is 24.9 Å². The van der Waals surface area contributed by atoms with E-state index in [-0.39, 0.29) is 11.9 Å². The third-order valence-corrected chi connectivity index (χ3v) is 4.67. The van der Waals surface area contributed by atoms with Gasteiger partial charge in [-0.3, -0.25) is 9.98 Å². The average Bonchev–Trinajstić information content (AvgIpc) is 3.11. The van der Waals surface area contributed by atoms with Crippen LogP contribution in [-0.4, -0.2) is 23.4 Å². The summed E-state index contributed by atoms with van der Waals surface area (Å²) in [6.45, 7) is 0.378. The molecule has 5 rings (SSSR count). The van der Waals surface area contributed by atoms with Crippen molar-refractivity contribution < 1.29 is 13.9 Å². The van der Waals surface area contributed by atoms with Crippen LogP contribution in [0.2, 0.25) is 0 Å². The number of aliphatic imine (C=N–C) groups is 1. The molecule has 0 radical (unpaired) electrons. The Kier molecular flexibility index (Phi) is 3.45. The van der Waals surface area contributed by atoms with E-state index in [0.717, 1.165) is 28.1 Å². The summed E-state index contributed by atoms with van der Waals surface area (Å²) < 4.78 is 25.1. The van der Waals surface area contributed by atoms with E-state index in [1.165, 1.54) is 12.1 Å². The molecule has 0 saturated carbocycles. The van der Waals surface area contributed by atoms with Crippen molar-refractivity contribution in [2.24, 2.45) is 4.99 Å². The van der Waals surface area contributed by atoms with E-state index in [2.05, 4.69) is 23.2 Å². The van der Waals surface area contributed by atoms with E-state index in [1.54, 1.807) is 18.5 Å². The fraction of sp³-hybridized carbons (Fsp3) is 0.143. The quantitative estimate of drug-likeness (QED) is 0.693. The molecule has 0 bridgehead atoms. The van der Waals surface area contributed by atoms with Crippen LogP contribution in [0.25, 0.3) is 11.1 Å². The minimum Gasteiger partial charge on any atom is -0.485 e. The summed E-state index contributed by atoms with van der Waals surface area (Å²) in [6.07, 6.45) is 3.97. The van der Waals surface area contributed by atoms with E-state index < -0.39 is 0 Å². The molecule has 128 valence electrons. The van der Waals surface area contributed by atoms with E-state index in [1.807, 2.05) is 12.1 Å². The number of fused-ring (bicyclic) bond motifs is 2. The first-order valence-corrected chi connectivity index (χ1v) is 8.46. The SMILES string of the molecule is Fc1ccc2c(c1)OC(C1=Nc3cc(-c4ccncc4)ccc3C1)CO2. The van der Waals surface area contributed by atoms with Gasteiger partial charge < -0.3 is 9.47 Å². The van der Waals surface area contributed by atoms with Gasteiger partial charge in [0.15, 0.2) is 17.6 Å². The number of hydrogen-bond donors (Lipinski definition) is 0. The molecule has 0 saturated heterocycles. The highest BCUT2D eigenvalue weighted by molar-refractivity contribution is 5.98. The Balaban J connectivity index is 1.42. The van der Waals surface area contributed by atoms with Gasteiger partial charge in [0.05, 0.1) is 11.4 Å². The summed E-state index contributed by atoms with van der Waals surface area (Å²) in [4.78, 5) is 8.82. The fourth-order valence-electron chi connectivity index (χ4n) is 3.33. The number of ether oxygens (including phenoxy) is 2. The zero-order valence-electron chi connectivity index (χ0n) is 13.9. The number of hydrogen-bond acceptors (Lipinski definition) is 4. The van der Waals surface area contributed by atoms with Gasteiger partial charge in [-0.05, 0) is 47.0 Å². The van der Waals surface area contributed by atoms with E-state index >= 15 is 0 Å². The number of benzene rings is 2. The Hall–Kier alpha value is -3.21. The van der Waals surface area contributed by atoms with Gasteiger partial charge in [0.1, 0.15) is 12.4 Å². The molecule has 3 aromatic rings. The summed E-state index contributed by atoms with van der Waals surface area (Å²) in [6, 6.07) is 14.5. The van der Waals surface area contributed by atoms with Crippen LogP contribution in [0.1, 0.15) is 5.56 Å². The van der Waals surface area contributed by atoms with E-state index in [9.17, 15) is 4.39 Å². The second-order valence-electron chi connectivity index (χ2n) is 6.37. The van der Waals surface area contributed by atoms with Crippen molar-refractivity contribution in [1.82, 2.24) is 4.98 Å². The molecule has 0 aliphatic carbocycles. The van der Waals surface area contributed by atoms with Gasteiger partial charge in [0.25, 0.3) is 0 Å².